The molecule has 0 radical (unpaired) electrons. The van der Waals surface area contributed by atoms with Crippen LogP contribution in [-0.4, -0.2) is 57.3 Å². The fraction of sp³-hybridized carbons (Fsp3) is 0.381. The Balaban J connectivity index is 1.65. The molecule has 6 nitrogen and oxygen atoms in total. The van der Waals surface area contributed by atoms with Crippen molar-refractivity contribution in [1.82, 2.24) is 20.1 Å². The predicted molar refractivity (Wildman–Crippen MR) is 109 cm³/mol. The smallest absolute Gasteiger partial charge is 0.416 e. The van der Waals surface area contributed by atoms with Crippen LogP contribution in [0, 0.1) is 0 Å². The predicted octanol–water partition coefficient (Wildman–Crippen LogP) is 4.56. The van der Waals surface area contributed by atoms with E-state index < -0.39 is 23.9 Å². The number of halogens is 5. The van der Waals surface area contributed by atoms with Gasteiger partial charge in [-0.1, -0.05) is 0 Å². The molecule has 0 aliphatic carbocycles. The number of anilines is 1. The van der Waals surface area contributed by atoms with Crippen molar-refractivity contribution < 1.29 is 27.1 Å². The number of hydrogen-bond donors (Lipinski definition) is 2. The van der Waals surface area contributed by atoms with Gasteiger partial charge >= 0.3 is 6.18 Å². The second-order valence-corrected chi connectivity index (χ2v) is 7.68. The summed E-state index contributed by atoms with van der Waals surface area (Å²) in [7, 11) is 0. The van der Waals surface area contributed by atoms with Crippen molar-refractivity contribution in [2.75, 3.05) is 25.0 Å². The Labute approximate surface area is 180 Å². The number of pyridine rings is 1. The molecule has 0 spiro atoms. The number of likely N-dealkylation sites (tertiary alicyclic amines) is 1. The maximum Gasteiger partial charge on any atom is 0.416 e. The number of alkyl halides is 5. The van der Waals surface area contributed by atoms with Crippen LogP contribution in [-0.2, 0) is 6.18 Å². The van der Waals surface area contributed by atoms with Crippen LogP contribution in [0.5, 0.6) is 5.75 Å². The minimum atomic E-state index is -4.58. The van der Waals surface area contributed by atoms with E-state index in [0.29, 0.717) is 35.7 Å². The van der Waals surface area contributed by atoms with Gasteiger partial charge in [-0.05, 0) is 43.7 Å². The fourth-order valence-electron chi connectivity index (χ4n) is 3.94. The van der Waals surface area contributed by atoms with E-state index in [1.165, 1.54) is 12.4 Å². The number of phenolic OH excluding ortho intramolecular Hbond substituents is 1. The van der Waals surface area contributed by atoms with Gasteiger partial charge in [-0.2, -0.15) is 13.2 Å². The van der Waals surface area contributed by atoms with E-state index in [-0.39, 0.29) is 23.8 Å². The molecule has 0 saturated carbocycles. The van der Waals surface area contributed by atoms with Crippen molar-refractivity contribution in [3.8, 4) is 17.0 Å². The second-order valence-electron chi connectivity index (χ2n) is 7.68. The number of phenols is 1. The topological polar surface area (TPSA) is 74.2 Å². The van der Waals surface area contributed by atoms with Gasteiger partial charge in [0.15, 0.2) is 5.82 Å². The zero-order valence-corrected chi connectivity index (χ0v) is 16.8. The Hall–Kier alpha value is -3.08. The number of benzene rings is 1. The molecule has 0 unspecified atom stereocenters. The Morgan fingerprint density at radius 3 is 2.69 bits per heavy atom. The van der Waals surface area contributed by atoms with Crippen LogP contribution >= 0.6 is 0 Å². The maximum atomic E-state index is 12.9. The minimum Gasteiger partial charge on any atom is -0.507 e. The van der Waals surface area contributed by atoms with E-state index in [1.807, 2.05) is 0 Å². The molecular weight excluding hydrogens is 433 g/mol. The van der Waals surface area contributed by atoms with Crippen molar-refractivity contribution in [1.29, 1.82) is 0 Å². The van der Waals surface area contributed by atoms with Crippen LogP contribution in [0.1, 0.15) is 18.4 Å². The van der Waals surface area contributed by atoms with Gasteiger partial charge < -0.3 is 10.4 Å². The molecule has 11 heteroatoms. The summed E-state index contributed by atoms with van der Waals surface area (Å²) in [5.74, 6) is -0.171. The Morgan fingerprint density at radius 1 is 1.16 bits per heavy atom. The van der Waals surface area contributed by atoms with Gasteiger partial charge in [-0.3, -0.25) is 9.88 Å². The highest BCUT2D eigenvalue weighted by Crippen LogP contribution is 2.38. The number of nitrogens with one attached hydrogen (secondary N) is 1. The SMILES string of the molecule is Oc1cc(C(F)(F)F)ccc1-c1nnc(N[C@@H]2CCCN(CC(F)F)C2)c2cnccc12. The van der Waals surface area contributed by atoms with Crippen molar-refractivity contribution in [3.05, 3.63) is 42.2 Å². The molecule has 2 aromatic heterocycles. The fourth-order valence-corrected chi connectivity index (χ4v) is 3.94. The molecule has 3 heterocycles. The van der Waals surface area contributed by atoms with Gasteiger partial charge in [-0.25, -0.2) is 8.78 Å². The van der Waals surface area contributed by atoms with Crippen molar-refractivity contribution in [3.63, 3.8) is 0 Å². The average molecular weight is 453 g/mol. The third kappa shape index (κ3) is 4.72. The summed E-state index contributed by atoms with van der Waals surface area (Å²) in [6.07, 6.45) is -2.43. The van der Waals surface area contributed by atoms with Crippen LogP contribution in [0.3, 0.4) is 0 Å². The molecule has 1 aliphatic rings. The summed E-state index contributed by atoms with van der Waals surface area (Å²) in [4.78, 5) is 5.78. The van der Waals surface area contributed by atoms with E-state index >= 15 is 0 Å². The van der Waals surface area contributed by atoms with E-state index in [9.17, 15) is 27.1 Å². The lowest BCUT2D eigenvalue weighted by Gasteiger charge is -2.33. The number of piperidine rings is 1. The number of aromatic nitrogens is 3. The van der Waals surface area contributed by atoms with Crippen molar-refractivity contribution >= 4 is 16.6 Å². The molecule has 1 saturated heterocycles. The Morgan fingerprint density at radius 2 is 1.97 bits per heavy atom. The molecule has 0 bridgehead atoms. The van der Waals surface area contributed by atoms with E-state index in [1.54, 1.807) is 11.0 Å². The van der Waals surface area contributed by atoms with Crippen LogP contribution in [0.25, 0.3) is 22.0 Å². The lowest BCUT2D eigenvalue weighted by Crippen LogP contribution is -2.44. The second kappa shape index (κ2) is 8.81. The third-order valence-corrected chi connectivity index (χ3v) is 5.40. The van der Waals surface area contributed by atoms with E-state index in [2.05, 4.69) is 20.5 Å². The normalized spacial score (nSPS) is 17.8. The molecule has 0 amide bonds. The molecule has 32 heavy (non-hydrogen) atoms. The summed E-state index contributed by atoms with van der Waals surface area (Å²) in [5.41, 5.74) is -0.655. The van der Waals surface area contributed by atoms with Crippen LogP contribution in [0.2, 0.25) is 0 Å². The van der Waals surface area contributed by atoms with Crippen LogP contribution in [0.15, 0.2) is 36.7 Å². The lowest BCUT2D eigenvalue weighted by atomic mass is 10.0. The van der Waals surface area contributed by atoms with E-state index in [4.69, 9.17) is 0 Å². The van der Waals surface area contributed by atoms with Crippen LogP contribution < -0.4 is 5.32 Å². The van der Waals surface area contributed by atoms with Gasteiger partial charge in [0.2, 0.25) is 0 Å². The Kier molecular flexibility index (Phi) is 6.09. The maximum absolute atomic E-state index is 12.9. The summed E-state index contributed by atoms with van der Waals surface area (Å²) in [6.45, 7) is 0.732. The van der Waals surface area contributed by atoms with Gasteiger partial charge in [0.05, 0.1) is 12.1 Å². The van der Waals surface area contributed by atoms with Crippen LogP contribution in [0.4, 0.5) is 27.8 Å². The highest BCUT2D eigenvalue weighted by Gasteiger charge is 2.31. The zero-order valence-electron chi connectivity index (χ0n) is 16.8. The van der Waals surface area contributed by atoms with Crippen molar-refractivity contribution in [2.24, 2.45) is 0 Å². The average Bonchev–Trinajstić information content (AvgIpc) is 2.73. The standard InChI is InChI=1S/C21H20F5N5O/c22-18(23)11-31-7-1-2-13(10-31)28-20-16-9-27-6-5-14(16)19(29-30-20)15-4-3-12(8-17(15)32)21(24,25)26/h3-6,8-9,13,18,32H,1-2,7,10-11H2,(H,28,30)/t13-/m1/s1. The monoisotopic (exact) mass is 453 g/mol. The first kappa shape index (κ1) is 22.1. The molecule has 1 aliphatic heterocycles. The first-order chi connectivity index (χ1) is 15.2. The first-order valence-corrected chi connectivity index (χ1v) is 10.0. The molecular formula is C21H20F5N5O. The molecule has 1 atom stereocenters. The van der Waals surface area contributed by atoms with Crippen molar-refractivity contribution in [2.45, 2.75) is 31.5 Å². The minimum absolute atomic E-state index is 0.106. The summed E-state index contributed by atoms with van der Waals surface area (Å²) < 4.78 is 64.3. The quantitative estimate of drug-likeness (QED) is 0.552. The number of nitrogens with zero attached hydrogens (tertiary/aromatic N) is 4. The Bertz CT molecular complexity index is 1110. The highest BCUT2D eigenvalue weighted by atomic mass is 19.4. The molecule has 2 N–H and O–H groups in total. The van der Waals surface area contributed by atoms with Gasteiger partial charge in [0.1, 0.15) is 11.4 Å². The number of aromatic hydroxyl groups is 1. The summed E-state index contributed by atoms with van der Waals surface area (Å²) in [5, 5.41) is 22.9. The van der Waals surface area contributed by atoms with Gasteiger partial charge in [0.25, 0.3) is 6.43 Å². The largest absolute Gasteiger partial charge is 0.507 e. The van der Waals surface area contributed by atoms with Gasteiger partial charge in [0, 0.05) is 41.3 Å². The third-order valence-electron chi connectivity index (χ3n) is 5.40. The molecule has 1 fully saturated rings. The number of fused-ring (bicyclic) bond motifs is 1. The number of rotatable bonds is 5. The first-order valence-electron chi connectivity index (χ1n) is 10.0. The summed E-state index contributed by atoms with van der Waals surface area (Å²) >= 11 is 0. The highest BCUT2D eigenvalue weighted by molar-refractivity contribution is 6.00. The zero-order chi connectivity index (χ0) is 22.9. The lowest BCUT2D eigenvalue weighted by molar-refractivity contribution is -0.137. The number of hydrogen-bond acceptors (Lipinski definition) is 6. The molecule has 170 valence electrons. The van der Waals surface area contributed by atoms with E-state index in [0.717, 1.165) is 25.0 Å². The molecule has 4 rings (SSSR count). The van der Waals surface area contributed by atoms with Gasteiger partial charge in [-0.15, -0.1) is 10.2 Å². The molecule has 1 aromatic carbocycles. The molecule has 3 aromatic rings. The summed E-state index contributed by atoms with van der Waals surface area (Å²) in [6, 6.07) is 4.18.